The van der Waals surface area contributed by atoms with Crippen LogP contribution in [0, 0.1) is 5.92 Å². The molecule has 2 heteroatoms. The molecule has 0 aromatic heterocycles. The lowest BCUT2D eigenvalue weighted by Gasteiger charge is -2.15. The molecule has 2 aromatic carbocycles. The van der Waals surface area contributed by atoms with Crippen molar-refractivity contribution in [3.05, 3.63) is 65.7 Å². The van der Waals surface area contributed by atoms with Crippen LogP contribution in [0.1, 0.15) is 25.0 Å². The third kappa shape index (κ3) is 4.70. The van der Waals surface area contributed by atoms with Crippen LogP contribution in [0.25, 0.3) is 11.1 Å². The standard InChI is InChI=1S/C21H27NO/c1-16(2)14-19-11-7-12-20(21(19)23-3)18-10-6-9-17(15-18)8-4-5-13-22/h4-7,9-12,15-16H,8,13-14,22H2,1-3H3/b5-4-. The van der Waals surface area contributed by atoms with Gasteiger partial charge in [0, 0.05) is 12.1 Å². The van der Waals surface area contributed by atoms with Gasteiger partial charge in [-0.1, -0.05) is 68.5 Å². The van der Waals surface area contributed by atoms with E-state index in [1.54, 1.807) is 7.11 Å². The lowest BCUT2D eigenvalue weighted by molar-refractivity contribution is 0.408. The second-order valence-electron chi connectivity index (χ2n) is 6.21. The molecule has 0 saturated carbocycles. The molecule has 0 aliphatic rings. The van der Waals surface area contributed by atoms with Crippen molar-refractivity contribution in [2.75, 3.05) is 13.7 Å². The van der Waals surface area contributed by atoms with E-state index in [1.165, 1.54) is 16.7 Å². The Balaban J connectivity index is 2.37. The maximum atomic E-state index is 5.74. The number of hydrogen-bond acceptors (Lipinski definition) is 2. The smallest absolute Gasteiger partial charge is 0.129 e. The molecule has 0 heterocycles. The van der Waals surface area contributed by atoms with E-state index in [-0.39, 0.29) is 0 Å². The third-order valence-electron chi connectivity index (χ3n) is 3.82. The van der Waals surface area contributed by atoms with Crippen LogP contribution in [0.3, 0.4) is 0 Å². The van der Waals surface area contributed by atoms with E-state index in [1.807, 2.05) is 6.08 Å². The molecule has 2 aromatic rings. The average molecular weight is 309 g/mol. The fourth-order valence-electron chi connectivity index (χ4n) is 2.84. The first-order chi connectivity index (χ1) is 11.2. The maximum absolute atomic E-state index is 5.74. The average Bonchev–Trinajstić information content (AvgIpc) is 2.54. The summed E-state index contributed by atoms with van der Waals surface area (Å²) in [6.07, 6.45) is 6.04. The van der Waals surface area contributed by atoms with Gasteiger partial charge in [0.1, 0.15) is 5.75 Å². The fraction of sp³-hybridized carbons (Fsp3) is 0.333. The highest BCUT2D eigenvalue weighted by Crippen LogP contribution is 2.34. The third-order valence-corrected chi connectivity index (χ3v) is 3.82. The highest BCUT2D eigenvalue weighted by Gasteiger charge is 2.12. The fourth-order valence-corrected chi connectivity index (χ4v) is 2.84. The summed E-state index contributed by atoms with van der Waals surface area (Å²) >= 11 is 0. The van der Waals surface area contributed by atoms with Gasteiger partial charge in [-0.25, -0.2) is 0 Å². The van der Waals surface area contributed by atoms with Gasteiger partial charge in [0.25, 0.3) is 0 Å². The van der Waals surface area contributed by atoms with Crippen molar-refractivity contribution in [3.8, 4) is 16.9 Å². The molecule has 122 valence electrons. The zero-order chi connectivity index (χ0) is 16.7. The Bertz CT molecular complexity index is 659. The van der Waals surface area contributed by atoms with Crippen molar-refractivity contribution in [1.82, 2.24) is 0 Å². The Morgan fingerprint density at radius 1 is 1.09 bits per heavy atom. The van der Waals surface area contributed by atoms with Crippen molar-refractivity contribution < 1.29 is 4.74 Å². The highest BCUT2D eigenvalue weighted by molar-refractivity contribution is 5.72. The van der Waals surface area contributed by atoms with E-state index in [0.29, 0.717) is 12.5 Å². The molecule has 2 nitrogen and oxygen atoms in total. The molecule has 0 saturated heterocycles. The van der Waals surface area contributed by atoms with Crippen molar-refractivity contribution in [3.63, 3.8) is 0 Å². The molecule has 0 fully saturated rings. The summed E-state index contributed by atoms with van der Waals surface area (Å²) in [5, 5.41) is 0. The van der Waals surface area contributed by atoms with Crippen LogP contribution in [0.5, 0.6) is 5.75 Å². The Hall–Kier alpha value is -2.06. The summed E-state index contributed by atoms with van der Waals surface area (Å²) in [6.45, 7) is 5.05. The number of methoxy groups -OCH3 is 1. The number of para-hydroxylation sites is 1. The number of nitrogens with two attached hydrogens (primary N) is 1. The van der Waals surface area contributed by atoms with Gasteiger partial charge >= 0.3 is 0 Å². The van der Waals surface area contributed by atoms with Crippen LogP contribution in [0.4, 0.5) is 0 Å². The Morgan fingerprint density at radius 3 is 2.57 bits per heavy atom. The molecule has 0 amide bonds. The minimum atomic E-state index is 0.588. The zero-order valence-electron chi connectivity index (χ0n) is 14.4. The molecule has 0 atom stereocenters. The zero-order valence-corrected chi connectivity index (χ0v) is 14.4. The number of allylic oxidation sites excluding steroid dienone is 1. The first kappa shape index (κ1) is 17.3. The number of rotatable bonds is 7. The predicted molar refractivity (Wildman–Crippen MR) is 98.9 cm³/mol. The summed E-state index contributed by atoms with van der Waals surface area (Å²) < 4.78 is 5.74. The van der Waals surface area contributed by atoms with Crippen molar-refractivity contribution >= 4 is 0 Å². The van der Waals surface area contributed by atoms with Gasteiger partial charge in [0.2, 0.25) is 0 Å². The highest BCUT2D eigenvalue weighted by atomic mass is 16.5. The molecule has 0 radical (unpaired) electrons. The predicted octanol–water partition coefficient (Wildman–Crippen LogP) is 4.62. The van der Waals surface area contributed by atoms with Crippen molar-refractivity contribution in [1.29, 1.82) is 0 Å². The van der Waals surface area contributed by atoms with Gasteiger partial charge in [0.05, 0.1) is 7.11 Å². The Morgan fingerprint density at radius 2 is 1.87 bits per heavy atom. The van der Waals surface area contributed by atoms with E-state index in [4.69, 9.17) is 10.5 Å². The van der Waals surface area contributed by atoms with Gasteiger partial charge in [-0.05, 0) is 35.4 Å². The van der Waals surface area contributed by atoms with Crippen molar-refractivity contribution in [2.24, 2.45) is 11.7 Å². The Kier molecular flexibility index (Phi) is 6.42. The second-order valence-corrected chi connectivity index (χ2v) is 6.21. The molecule has 0 aliphatic carbocycles. The van der Waals surface area contributed by atoms with E-state index >= 15 is 0 Å². The van der Waals surface area contributed by atoms with E-state index in [9.17, 15) is 0 Å². The molecule has 2 rings (SSSR count). The topological polar surface area (TPSA) is 35.2 Å². The lowest BCUT2D eigenvalue weighted by atomic mass is 9.95. The normalized spacial score (nSPS) is 11.3. The lowest BCUT2D eigenvalue weighted by Crippen LogP contribution is -1.99. The minimum absolute atomic E-state index is 0.588. The van der Waals surface area contributed by atoms with Gasteiger partial charge in [-0.2, -0.15) is 0 Å². The van der Waals surface area contributed by atoms with Gasteiger partial charge in [-0.15, -0.1) is 0 Å². The maximum Gasteiger partial charge on any atom is 0.129 e. The van der Waals surface area contributed by atoms with Crippen LogP contribution < -0.4 is 10.5 Å². The van der Waals surface area contributed by atoms with Gasteiger partial charge in [-0.3, -0.25) is 0 Å². The first-order valence-electron chi connectivity index (χ1n) is 8.26. The SMILES string of the molecule is COc1c(CC(C)C)cccc1-c1cccc(C/C=C\CN)c1. The molecule has 23 heavy (non-hydrogen) atoms. The Labute approximate surface area is 140 Å². The van der Waals surface area contributed by atoms with E-state index in [2.05, 4.69) is 62.4 Å². The summed E-state index contributed by atoms with van der Waals surface area (Å²) in [5.41, 5.74) is 10.4. The van der Waals surface area contributed by atoms with E-state index < -0.39 is 0 Å². The molecule has 0 unspecified atom stereocenters. The van der Waals surface area contributed by atoms with Crippen LogP contribution in [-0.2, 0) is 12.8 Å². The van der Waals surface area contributed by atoms with Gasteiger partial charge in [0.15, 0.2) is 0 Å². The molecule has 0 aliphatic heterocycles. The first-order valence-corrected chi connectivity index (χ1v) is 8.26. The van der Waals surface area contributed by atoms with Crippen LogP contribution in [0.15, 0.2) is 54.6 Å². The summed E-state index contributed by atoms with van der Waals surface area (Å²) in [4.78, 5) is 0. The molecule has 0 bridgehead atoms. The summed E-state index contributed by atoms with van der Waals surface area (Å²) in [7, 11) is 1.76. The summed E-state index contributed by atoms with van der Waals surface area (Å²) in [6, 6.07) is 15.1. The minimum Gasteiger partial charge on any atom is -0.496 e. The molecule has 0 spiro atoms. The molecular weight excluding hydrogens is 282 g/mol. The number of ether oxygens (including phenoxy) is 1. The van der Waals surface area contributed by atoms with Crippen molar-refractivity contribution in [2.45, 2.75) is 26.7 Å². The van der Waals surface area contributed by atoms with Crippen LogP contribution in [-0.4, -0.2) is 13.7 Å². The van der Waals surface area contributed by atoms with Crippen LogP contribution >= 0.6 is 0 Å². The number of benzene rings is 2. The molecular formula is C21H27NO. The number of hydrogen-bond donors (Lipinski definition) is 1. The largest absolute Gasteiger partial charge is 0.496 e. The summed E-state index contributed by atoms with van der Waals surface area (Å²) in [5.74, 6) is 1.60. The van der Waals surface area contributed by atoms with E-state index in [0.717, 1.165) is 24.2 Å². The van der Waals surface area contributed by atoms with Gasteiger partial charge < -0.3 is 10.5 Å². The monoisotopic (exact) mass is 309 g/mol. The van der Waals surface area contributed by atoms with Crippen LogP contribution in [0.2, 0.25) is 0 Å². The second kappa shape index (κ2) is 8.54. The quantitative estimate of drug-likeness (QED) is 0.758. The molecule has 2 N–H and O–H groups in total.